The summed E-state index contributed by atoms with van der Waals surface area (Å²) in [5.41, 5.74) is 2.16. The van der Waals surface area contributed by atoms with Crippen molar-refractivity contribution in [3.8, 4) is 0 Å². The van der Waals surface area contributed by atoms with Gasteiger partial charge in [-0.25, -0.2) is 8.78 Å². The van der Waals surface area contributed by atoms with E-state index >= 15 is 0 Å². The number of amides is 1. The van der Waals surface area contributed by atoms with Gasteiger partial charge in [0.15, 0.2) is 0 Å². The number of benzene rings is 3. The van der Waals surface area contributed by atoms with Gasteiger partial charge in [0.25, 0.3) is 0 Å². The molecule has 0 spiro atoms. The molecule has 1 fully saturated rings. The van der Waals surface area contributed by atoms with Gasteiger partial charge in [0, 0.05) is 38.4 Å². The molecule has 2 aliphatic heterocycles. The number of fused-ring (bicyclic) bond motifs is 3. The first-order chi connectivity index (χ1) is 17.7. The second-order valence-corrected chi connectivity index (χ2v) is 9.62. The number of alkyl halides is 3. The second-order valence-electron chi connectivity index (χ2n) is 9.62. The summed E-state index contributed by atoms with van der Waals surface area (Å²) in [6.45, 7) is 2.50. The number of rotatable bonds is 5. The molecule has 4 nitrogen and oxygen atoms in total. The molecule has 1 N–H and O–H groups in total. The molecule has 2 atom stereocenters. The van der Waals surface area contributed by atoms with Crippen LogP contribution in [0.1, 0.15) is 22.3 Å². The lowest BCUT2D eigenvalue weighted by Crippen LogP contribution is -2.60. The molecule has 194 valence electrons. The van der Waals surface area contributed by atoms with E-state index in [2.05, 4.69) is 10.2 Å². The average Bonchev–Trinajstić information content (AvgIpc) is 2.88. The quantitative estimate of drug-likeness (QED) is 0.477. The van der Waals surface area contributed by atoms with Crippen LogP contribution in [0.2, 0.25) is 0 Å². The van der Waals surface area contributed by atoms with E-state index < -0.39 is 17.7 Å². The topological polar surface area (TPSA) is 35.6 Å². The van der Waals surface area contributed by atoms with Gasteiger partial charge in [-0.3, -0.25) is 9.69 Å². The van der Waals surface area contributed by atoms with E-state index in [9.17, 15) is 26.7 Å². The largest absolute Gasteiger partial charge is 0.416 e. The summed E-state index contributed by atoms with van der Waals surface area (Å²) in [6, 6.07) is 15.6. The summed E-state index contributed by atoms with van der Waals surface area (Å²) in [5.74, 6) is -1.52. The van der Waals surface area contributed by atoms with E-state index in [-0.39, 0.29) is 36.5 Å². The number of hydrogen-bond donors (Lipinski definition) is 1. The number of nitrogens with one attached hydrogen (secondary N) is 1. The SMILES string of the molecule is O=C(NCc1ccc(F)cc1)C1Cc2cc(C(F)(F)F)ccc2N2CCN(Cc3ccc(F)cc3)CC12. The third-order valence-corrected chi connectivity index (χ3v) is 7.16. The molecule has 1 amide bonds. The van der Waals surface area contributed by atoms with E-state index in [1.54, 1.807) is 24.3 Å². The summed E-state index contributed by atoms with van der Waals surface area (Å²) in [5, 5.41) is 2.90. The Morgan fingerprint density at radius 1 is 0.892 bits per heavy atom. The highest BCUT2D eigenvalue weighted by Gasteiger charge is 2.42. The van der Waals surface area contributed by atoms with Crippen molar-refractivity contribution in [1.29, 1.82) is 0 Å². The van der Waals surface area contributed by atoms with Crippen LogP contribution in [-0.4, -0.2) is 36.5 Å². The lowest BCUT2D eigenvalue weighted by Gasteiger charge is -2.49. The highest BCUT2D eigenvalue weighted by Crippen LogP contribution is 2.40. The highest BCUT2D eigenvalue weighted by molar-refractivity contribution is 5.82. The molecule has 3 aromatic rings. The number of piperazine rings is 1. The number of anilines is 1. The van der Waals surface area contributed by atoms with Crippen LogP contribution < -0.4 is 10.2 Å². The maximum atomic E-state index is 13.4. The maximum absolute atomic E-state index is 13.4. The summed E-state index contributed by atoms with van der Waals surface area (Å²) in [6.07, 6.45) is -4.29. The Hall–Kier alpha value is -3.46. The van der Waals surface area contributed by atoms with E-state index in [1.807, 2.05) is 4.90 Å². The van der Waals surface area contributed by atoms with Crippen molar-refractivity contribution in [2.75, 3.05) is 24.5 Å². The predicted octanol–water partition coefficient (Wildman–Crippen LogP) is 5.16. The van der Waals surface area contributed by atoms with Crippen LogP contribution in [0.15, 0.2) is 66.7 Å². The van der Waals surface area contributed by atoms with Crippen molar-refractivity contribution in [1.82, 2.24) is 10.2 Å². The van der Waals surface area contributed by atoms with Crippen molar-refractivity contribution >= 4 is 11.6 Å². The second kappa shape index (κ2) is 10.1. The Balaban J connectivity index is 1.39. The fourth-order valence-corrected chi connectivity index (χ4v) is 5.27. The van der Waals surface area contributed by atoms with Crippen LogP contribution in [0.5, 0.6) is 0 Å². The first-order valence-corrected chi connectivity index (χ1v) is 12.1. The smallest absolute Gasteiger partial charge is 0.365 e. The zero-order chi connectivity index (χ0) is 26.2. The van der Waals surface area contributed by atoms with E-state index in [1.165, 1.54) is 30.3 Å². The van der Waals surface area contributed by atoms with Crippen molar-refractivity contribution in [2.24, 2.45) is 5.92 Å². The molecule has 9 heteroatoms. The minimum atomic E-state index is -4.47. The van der Waals surface area contributed by atoms with Crippen molar-refractivity contribution in [3.05, 3.63) is 101 Å². The van der Waals surface area contributed by atoms with E-state index in [0.29, 0.717) is 31.7 Å². The molecule has 1 saturated heterocycles. The molecule has 2 heterocycles. The lowest BCUT2D eigenvalue weighted by molar-refractivity contribution is -0.137. The van der Waals surface area contributed by atoms with Gasteiger partial charge < -0.3 is 10.2 Å². The minimum Gasteiger partial charge on any atom is -0.365 e. The Morgan fingerprint density at radius 3 is 2.19 bits per heavy atom. The van der Waals surface area contributed by atoms with E-state index in [4.69, 9.17) is 0 Å². The van der Waals surface area contributed by atoms with Gasteiger partial charge >= 0.3 is 6.18 Å². The number of halogens is 5. The Bertz CT molecular complexity index is 1260. The normalized spacial score (nSPS) is 19.8. The zero-order valence-electron chi connectivity index (χ0n) is 19.9. The molecular formula is C28H26F5N3O. The molecule has 0 bridgehead atoms. The molecule has 3 aromatic carbocycles. The van der Waals surface area contributed by atoms with E-state index in [0.717, 1.165) is 28.9 Å². The van der Waals surface area contributed by atoms with Gasteiger partial charge in [-0.1, -0.05) is 24.3 Å². The number of nitrogens with zero attached hydrogens (tertiary/aromatic N) is 2. The van der Waals surface area contributed by atoms with Crippen LogP contribution in [0.25, 0.3) is 0 Å². The number of carbonyl (C=O) groups excluding carboxylic acids is 1. The summed E-state index contributed by atoms with van der Waals surface area (Å²) in [4.78, 5) is 17.6. The van der Waals surface area contributed by atoms with Crippen LogP contribution in [0.3, 0.4) is 0 Å². The minimum absolute atomic E-state index is 0.181. The number of hydrogen-bond acceptors (Lipinski definition) is 3. The van der Waals surface area contributed by atoms with Crippen molar-refractivity contribution in [2.45, 2.75) is 31.7 Å². The van der Waals surface area contributed by atoms with Crippen molar-refractivity contribution < 1.29 is 26.7 Å². The Kier molecular flexibility index (Phi) is 6.90. The zero-order valence-corrected chi connectivity index (χ0v) is 19.9. The Labute approximate surface area is 211 Å². The fourth-order valence-electron chi connectivity index (χ4n) is 5.27. The first-order valence-electron chi connectivity index (χ1n) is 12.1. The molecule has 5 rings (SSSR count). The van der Waals surface area contributed by atoms with Gasteiger partial charge in [0.1, 0.15) is 11.6 Å². The molecule has 0 aromatic heterocycles. The molecule has 0 saturated carbocycles. The first kappa shape index (κ1) is 25.2. The van der Waals surface area contributed by atoms with Gasteiger partial charge in [-0.15, -0.1) is 0 Å². The van der Waals surface area contributed by atoms with Crippen LogP contribution in [-0.2, 0) is 30.5 Å². The van der Waals surface area contributed by atoms with Gasteiger partial charge in [0.2, 0.25) is 5.91 Å². The molecule has 2 unspecified atom stereocenters. The molecule has 2 aliphatic rings. The molecule has 0 aliphatic carbocycles. The highest BCUT2D eigenvalue weighted by atomic mass is 19.4. The molecular weight excluding hydrogens is 489 g/mol. The van der Waals surface area contributed by atoms with Gasteiger partial charge in [-0.05, 0) is 65.6 Å². The molecule has 0 radical (unpaired) electrons. The van der Waals surface area contributed by atoms with Gasteiger partial charge in [0.05, 0.1) is 17.5 Å². The van der Waals surface area contributed by atoms with Crippen LogP contribution in [0.4, 0.5) is 27.6 Å². The lowest BCUT2D eigenvalue weighted by atomic mass is 9.82. The third kappa shape index (κ3) is 5.61. The summed E-state index contributed by atoms with van der Waals surface area (Å²) < 4.78 is 66.8. The monoisotopic (exact) mass is 515 g/mol. The summed E-state index contributed by atoms with van der Waals surface area (Å²) in [7, 11) is 0. The van der Waals surface area contributed by atoms with Gasteiger partial charge in [-0.2, -0.15) is 13.2 Å². The predicted molar refractivity (Wildman–Crippen MR) is 130 cm³/mol. The fraction of sp³-hybridized carbons (Fsp3) is 0.321. The van der Waals surface area contributed by atoms with Crippen molar-refractivity contribution in [3.63, 3.8) is 0 Å². The maximum Gasteiger partial charge on any atom is 0.416 e. The third-order valence-electron chi connectivity index (χ3n) is 7.16. The standard InChI is InChI=1S/C28H26F5N3O/c29-22-6-1-18(2-7-22)15-34-27(37)24-14-20-13-21(28(31,32)33)5-10-25(20)36-12-11-35(17-26(24)36)16-19-3-8-23(30)9-4-19/h1-10,13,24,26H,11-12,14-17H2,(H,34,37). The van der Waals surface area contributed by atoms with Crippen LogP contribution >= 0.6 is 0 Å². The summed E-state index contributed by atoms with van der Waals surface area (Å²) >= 11 is 0. The number of carbonyl (C=O) groups is 1. The average molecular weight is 516 g/mol. The molecule has 37 heavy (non-hydrogen) atoms. The Morgan fingerprint density at radius 2 is 1.54 bits per heavy atom. The van der Waals surface area contributed by atoms with Crippen LogP contribution in [0, 0.1) is 17.6 Å².